The maximum absolute atomic E-state index is 9.32. The molecule has 168 valence electrons. The van der Waals surface area contributed by atoms with Crippen molar-refractivity contribution in [3.05, 3.63) is 0 Å². The van der Waals surface area contributed by atoms with Crippen LogP contribution in [0, 0.1) is 0 Å². The monoisotopic (exact) mass is 522 g/mol. The second-order valence-electron chi connectivity index (χ2n) is 2.93. The molecule has 0 aromatic rings. The Labute approximate surface area is 147 Å². The van der Waals surface area contributed by atoms with E-state index in [4.69, 9.17) is 0 Å². The summed E-state index contributed by atoms with van der Waals surface area (Å²) in [6.45, 7) is 0. The minimum atomic E-state index is -5.68. The fourth-order valence-electron chi connectivity index (χ4n) is 0.367. The van der Waals surface area contributed by atoms with Crippen LogP contribution in [0.5, 0.6) is 0 Å². The Hall–Kier alpha value is 0.780. The maximum atomic E-state index is 9.32. The van der Waals surface area contributed by atoms with Crippen LogP contribution >= 0.6 is 46.9 Å². The molecule has 0 unspecified atom stereocenters. The van der Waals surface area contributed by atoms with Crippen LogP contribution < -0.4 is 58.7 Å². The third-order valence-electron chi connectivity index (χ3n) is 0.600. The highest BCUT2D eigenvalue weighted by Gasteiger charge is 1.94. The highest BCUT2D eigenvalue weighted by atomic mass is 31.3. The van der Waals surface area contributed by atoms with Crippen molar-refractivity contribution in [3.63, 3.8) is 0 Å². The van der Waals surface area contributed by atoms with Gasteiger partial charge < -0.3 is 99.0 Å². The molecule has 0 saturated heterocycles. The van der Waals surface area contributed by atoms with E-state index in [-0.39, 0.29) is 0 Å². The molecule has 0 aromatic carbocycles. The third-order valence-corrected chi connectivity index (χ3v) is 5.40. The molecule has 0 spiro atoms. The molecular weight excluding hydrogens is 522 g/mol. The summed E-state index contributed by atoms with van der Waals surface area (Å²) in [7, 11) is -34.1. The topological polar surface area (TPSA) is 407 Å². The van der Waals surface area contributed by atoms with Gasteiger partial charge in [0.2, 0.25) is 0 Å². The molecule has 0 aliphatic carbocycles. The number of hydrogen-bond acceptors (Lipinski definition) is 21. The second kappa shape index (κ2) is 11.2. The lowest BCUT2D eigenvalue weighted by Gasteiger charge is -2.39. The van der Waals surface area contributed by atoms with Crippen molar-refractivity contribution in [3.8, 4) is 0 Å². The molecule has 0 amide bonds. The molecule has 0 radical (unpaired) electrons. The summed E-state index contributed by atoms with van der Waals surface area (Å²) in [5.74, 6) is 0. The Morgan fingerprint density at radius 3 is 0.370 bits per heavy atom. The third kappa shape index (κ3) is 46.6. The molecule has 0 aromatic heterocycles. The van der Waals surface area contributed by atoms with Gasteiger partial charge in [0.25, 0.3) is 0 Å². The van der Waals surface area contributed by atoms with Gasteiger partial charge in [-0.25, -0.2) is 0 Å². The summed E-state index contributed by atoms with van der Waals surface area (Å²) in [6, 6.07) is 0. The van der Waals surface area contributed by atoms with Gasteiger partial charge in [0, 0.05) is 0 Å². The molecule has 0 saturated carbocycles. The van der Waals surface area contributed by atoms with Crippen LogP contribution in [0.4, 0.5) is 0 Å². The largest absolute Gasteiger partial charge is 0.790 e. The molecule has 0 N–H and O–H groups in total. The normalized spacial score (nSPS) is 13.8. The van der Waals surface area contributed by atoms with Crippen LogP contribution in [0.15, 0.2) is 0 Å². The van der Waals surface area contributed by atoms with Crippen molar-refractivity contribution in [2.75, 3.05) is 0 Å². The van der Waals surface area contributed by atoms with Crippen LogP contribution in [0.25, 0.3) is 0 Å². The molecule has 27 heavy (non-hydrogen) atoms. The average molecular weight is 522 g/mol. The number of phosphoric acid groups is 6. The summed E-state index contributed by atoms with van der Waals surface area (Å²) in [6.07, 6.45) is 0. The van der Waals surface area contributed by atoms with E-state index in [1.54, 1.807) is 0 Å². The fraction of sp³-hybridized carbons (Fsp3) is 0. The minimum Gasteiger partial charge on any atom is -0.790 e. The van der Waals surface area contributed by atoms with Gasteiger partial charge in [-0.3, -0.25) is 0 Å². The SMILES string of the molecule is O=P([O-])([O-])OP(=O)([O-])[O-].O=P([O-])([O-])OP(=O)([O-])[O-].O=P([O-])([O-])OP(=O)([O-])[O-]. The van der Waals surface area contributed by atoms with Crippen LogP contribution in [0.1, 0.15) is 0 Å². The van der Waals surface area contributed by atoms with E-state index in [9.17, 15) is 86.1 Å². The smallest absolute Gasteiger partial charge is 0.0655 e. The predicted octanol–water partition coefficient (Wildman–Crippen LogP) is -10.0. The molecule has 0 atom stereocenters. The molecule has 0 fully saturated rings. The number of rotatable bonds is 6. The fourth-order valence-corrected chi connectivity index (χ4v) is 3.31. The Balaban J connectivity index is -0.000000320. The lowest BCUT2D eigenvalue weighted by molar-refractivity contribution is -0.368. The van der Waals surface area contributed by atoms with Gasteiger partial charge in [0.05, 0.1) is 46.9 Å². The van der Waals surface area contributed by atoms with Gasteiger partial charge in [-0.05, 0) is 0 Å². The van der Waals surface area contributed by atoms with Crippen LogP contribution in [0.2, 0.25) is 0 Å². The van der Waals surface area contributed by atoms with Gasteiger partial charge in [-0.15, -0.1) is 0 Å². The first-order chi connectivity index (χ1) is 11.1. The summed E-state index contributed by atoms with van der Waals surface area (Å²) >= 11 is 0. The van der Waals surface area contributed by atoms with Gasteiger partial charge in [-0.2, -0.15) is 0 Å². The highest BCUT2D eigenvalue weighted by Crippen LogP contribution is 2.43. The van der Waals surface area contributed by atoms with E-state index in [1.165, 1.54) is 0 Å². The van der Waals surface area contributed by atoms with Gasteiger partial charge in [0.15, 0.2) is 0 Å². The van der Waals surface area contributed by atoms with Crippen LogP contribution in [-0.4, -0.2) is 0 Å². The van der Waals surface area contributed by atoms with Crippen LogP contribution in [0.3, 0.4) is 0 Å². The molecule has 0 bridgehead atoms. The van der Waals surface area contributed by atoms with Crippen molar-refractivity contribution in [2.24, 2.45) is 0 Å². The molecule has 0 rings (SSSR count). The van der Waals surface area contributed by atoms with Gasteiger partial charge >= 0.3 is 0 Å². The Morgan fingerprint density at radius 2 is 0.370 bits per heavy atom. The number of hydrogen-bond donors (Lipinski definition) is 0. The van der Waals surface area contributed by atoms with Crippen molar-refractivity contribution < 1.29 is 99.0 Å². The second-order valence-corrected chi connectivity index (χ2v) is 10.3. The van der Waals surface area contributed by atoms with Crippen molar-refractivity contribution in [2.45, 2.75) is 0 Å². The summed E-state index contributed by atoms with van der Waals surface area (Å²) in [5.41, 5.74) is 0. The Kier molecular flexibility index (Phi) is 13.5. The Bertz CT molecular complexity index is 542. The van der Waals surface area contributed by atoms with Gasteiger partial charge in [0.1, 0.15) is 0 Å². The zero-order valence-corrected chi connectivity index (χ0v) is 16.6. The summed E-state index contributed by atoms with van der Waals surface area (Å²) in [5, 5.41) is 0. The predicted molar refractivity (Wildman–Crippen MR) is 48.9 cm³/mol. The standard InChI is InChI=1S/3H4O7P2/c3*1-8(2,3)7-9(4,5)6/h3*(H2,1,2,3)(H2,4,5,6)/p-12. The highest BCUT2D eigenvalue weighted by molar-refractivity contribution is 7.58. The van der Waals surface area contributed by atoms with E-state index in [2.05, 4.69) is 12.9 Å². The first-order valence-corrected chi connectivity index (χ1v) is 13.1. The van der Waals surface area contributed by atoms with E-state index in [0.717, 1.165) is 0 Å². The minimum absolute atomic E-state index is 2.51. The van der Waals surface area contributed by atoms with E-state index >= 15 is 0 Å². The van der Waals surface area contributed by atoms with Gasteiger partial charge in [-0.1, -0.05) is 0 Å². The first-order valence-electron chi connectivity index (χ1n) is 4.38. The molecule has 0 heterocycles. The lowest BCUT2D eigenvalue weighted by atomic mass is 15.7. The zero-order chi connectivity index (χ0) is 23.1. The van der Waals surface area contributed by atoms with E-state index < -0.39 is 46.9 Å². The summed E-state index contributed by atoms with van der Waals surface area (Å²) < 4.78 is 63.5. The summed E-state index contributed by atoms with van der Waals surface area (Å²) in [4.78, 5) is 112. The van der Waals surface area contributed by atoms with Crippen molar-refractivity contribution in [1.82, 2.24) is 0 Å². The van der Waals surface area contributed by atoms with E-state index in [1.807, 2.05) is 0 Å². The maximum Gasteiger partial charge on any atom is 0.0655 e. The molecule has 21 nitrogen and oxygen atoms in total. The first kappa shape index (κ1) is 32.4. The lowest BCUT2D eigenvalue weighted by Crippen LogP contribution is -2.23. The Morgan fingerprint density at radius 1 is 0.296 bits per heavy atom. The average Bonchev–Trinajstić information content (AvgIpc) is 1.96. The quantitative estimate of drug-likeness (QED) is 0.292. The van der Waals surface area contributed by atoms with Crippen molar-refractivity contribution in [1.29, 1.82) is 0 Å². The molecule has 0 aliphatic rings. The van der Waals surface area contributed by atoms with Crippen LogP contribution in [-0.2, 0) is 40.3 Å². The molecular formula is O21P6-12. The molecule has 27 heteroatoms. The van der Waals surface area contributed by atoms with E-state index in [0.29, 0.717) is 0 Å². The zero-order valence-electron chi connectivity index (χ0n) is 11.3. The molecule has 0 aliphatic heterocycles. The van der Waals surface area contributed by atoms with Crippen molar-refractivity contribution >= 4 is 46.9 Å².